The van der Waals surface area contributed by atoms with Crippen LogP contribution in [0.2, 0.25) is 0 Å². The number of rotatable bonds is 6. The SMILES string of the molecule is O=C1C=C(NC2CC(=O)N3CC(OCc4cc(C(F)(F)F)cc(C(F)(F)F)c4)[C@@H](c4ccc(F)cc4)C3C2)CCC1. The summed E-state index contributed by atoms with van der Waals surface area (Å²) in [5.74, 6) is -1.20. The molecule has 0 spiro atoms. The Morgan fingerprint density at radius 3 is 2.20 bits per heavy atom. The largest absolute Gasteiger partial charge is 0.416 e. The van der Waals surface area contributed by atoms with Gasteiger partial charge in [-0.15, -0.1) is 0 Å². The fraction of sp³-hybridized carbons (Fsp3) is 0.448. The van der Waals surface area contributed by atoms with Crippen LogP contribution in [-0.4, -0.2) is 41.3 Å². The minimum atomic E-state index is -4.99. The molecule has 1 aliphatic carbocycles. The van der Waals surface area contributed by atoms with Crippen LogP contribution in [-0.2, 0) is 33.3 Å². The summed E-state index contributed by atoms with van der Waals surface area (Å²) >= 11 is 0. The predicted octanol–water partition coefficient (Wildman–Crippen LogP) is 6.13. The van der Waals surface area contributed by atoms with Crippen LogP contribution in [0.15, 0.2) is 54.2 Å². The number of benzene rings is 2. The molecular formula is C29H27F7N2O3. The molecule has 2 heterocycles. The first-order chi connectivity index (χ1) is 19.3. The highest BCUT2D eigenvalue weighted by Crippen LogP contribution is 2.42. The minimum absolute atomic E-state index is 0.00399. The molecule has 5 nitrogen and oxygen atoms in total. The highest BCUT2D eigenvalue weighted by molar-refractivity contribution is 5.91. The van der Waals surface area contributed by atoms with Crippen molar-refractivity contribution in [3.8, 4) is 0 Å². The second-order valence-electron chi connectivity index (χ2n) is 10.7. The van der Waals surface area contributed by atoms with E-state index < -0.39 is 54.0 Å². The smallest absolute Gasteiger partial charge is 0.385 e. The van der Waals surface area contributed by atoms with Gasteiger partial charge in [0.05, 0.1) is 23.8 Å². The molecule has 0 radical (unpaired) electrons. The van der Waals surface area contributed by atoms with Crippen molar-refractivity contribution in [3.63, 3.8) is 0 Å². The van der Waals surface area contributed by atoms with Crippen molar-refractivity contribution >= 4 is 11.7 Å². The van der Waals surface area contributed by atoms with Gasteiger partial charge < -0.3 is 15.0 Å². The predicted molar refractivity (Wildman–Crippen MR) is 133 cm³/mol. The first kappa shape index (κ1) is 29.1. The molecule has 2 saturated heterocycles. The Morgan fingerprint density at radius 2 is 1.59 bits per heavy atom. The lowest BCUT2D eigenvalue weighted by atomic mass is 9.84. The number of carbonyl (C=O) groups is 2. The van der Waals surface area contributed by atoms with Crippen molar-refractivity contribution in [1.29, 1.82) is 0 Å². The molecule has 2 aliphatic heterocycles. The van der Waals surface area contributed by atoms with Crippen LogP contribution in [0.1, 0.15) is 60.3 Å². The molecular weight excluding hydrogens is 557 g/mol. The maximum absolute atomic E-state index is 13.7. The van der Waals surface area contributed by atoms with Crippen molar-refractivity contribution in [2.24, 2.45) is 0 Å². The number of nitrogens with zero attached hydrogens (tertiary/aromatic N) is 1. The van der Waals surface area contributed by atoms with Crippen LogP contribution in [0.5, 0.6) is 0 Å². The molecule has 4 atom stereocenters. The molecule has 5 rings (SSSR count). The number of nitrogens with one attached hydrogen (secondary N) is 1. The number of carbonyl (C=O) groups excluding carboxylic acids is 2. The van der Waals surface area contributed by atoms with Gasteiger partial charge in [0.15, 0.2) is 5.78 Å². The Bertz CT molecular complexity index is 1310. The third kappa shape index (κ3) is 6.58. The standard InChI is InChI=1S/C29H27F7N2O3/c30-20-6-4-17(5-7-20)27-24-12-22(37-21-2-1-3-23(39)11-21)13-26(40)38(24)14-25(27)41-15-16-8-18(28(31,32)33)10-19(9-16)29(34,35)36/h4-11,22,24-25,27,37H,1-3,12-15H2/t22?,24?,25?,27-/m0/s1. The van der Waals surface area contributed by atoms with Crippen molar-refractivity contribution in [3.05, 3.63) is 82.3 Å². The number of hydrogen-bond acceptors (Lipinski definition) is 4. The van der Waals surface area contributed by atoms with Gasteiger partial charge in [-0.1, -0.05) is 12.1 Å². The van der Waals surface area contributed by atoms with Gasteiger partial charge in [0.25, 0.3) is 0 Å². The molecule has 41 heavy (non-hydrogen) atoms. The first-order valence-corrected chi connectivity index (χ1v) is 13.2. The van der Waals surface area contributed by atoms with Gasteiger partial charge in [0.1, 0.15) is 5.82 Å². The number of halogens is 7. The van der Waals surface area contributed by atoms with Gasteiger partial charge in [-0.3, -0.25) is 9.59 Å². The van der Waals surface area contributed by atoms with Crippen LogP contribution in [0.25, 0.3) is 0 Å². The highest BCUT2D eigenvalue weighted by atomic mass is 19.4. The van der Waals surface area contributed by atoms with Gasteiger partial charge >= 0.3 is 12.4 Å². The lowest BCUT2D eigenvalue weighted by molar-refractivity contribution is -0.143. The molecule has 2 aromatic carbocycles. The fourth-order valence-electron chi connectivity index (χ4n) is 6.01. The summed E-state index contributed by atoms with van der Waals surface area (Å²) < 4.78 is 99.8. The van der Waals surface area contributed by atoms with Gasteiger partial charge in [0, 0.05) is 49.2 Å². The summed E-state index contributed by atoms with van der Waals surface area (Å²) in [5.41, 5.74) is -1.81. The number of piperidine rings is 1. The summed E-state index contributed by atoms with van der Waals surface area (Å²) in [6.45, 7) is -0.481. The van der Waals surface area contributed by atoms with Gasteiger partial charge in [-0.25, -0.2) is 4.39 Å². The summed E-state index contributed by atoms with van der Waals surface area (Å²) in [4.78, 5) is 26.6. The third-order valence-electron chi connectivity index (χ3n) is 7.82. The van der Waals surface area contributed by atoms with E-state index in [2.05, 4.69) is 5.32 Å². The Morgan fingerprint density at radius 1 is 0.927 bits per heavy atom. The lowest BCUT2D eigenvalue weighted by Gasteiger charge is -2.38. The first-order valence-electron chi connectivity index (χ1n) is 13.2. The molecule has 3 unspecified atom stereocenters. The van der Waals surface area contributed by atoms with E-state index in [9.17, 15) is 40.3 Å². The zero-order valence-electron chi connectivity index (χ0n) is 21.7. The van der Waals surface area contributed by atoms with Crippen LogP contribution in [0.4, 0.5) is 30.7 Å². The summed E-state index contributed by atoms with van der Waals surface area (Å²) in [7, 11) is 0. The number of hydrogen-bond donors (Lipinski definition) is 1. The molecule has 0 saturated carbocycles. The normalized spacial score (nSPS) is 25.2. The zero-order valence-corrected chi connectivity index (χ0v) is 21.7. The summed E-state index contributed by atoms with van der Waals surface area (Å²) in [5, 5.41) is 3.30. The Kier molecular flexibility index (Phi) is 7.88. The number of amides is 1. The van der Waals surface area contributed by atoms with Crippen molar-refractivity contribution < 1.29 is 45.1 Å². The van der Waals surface area contributed by atoms with Crippen LogP contribution < -0.4 is 5.32 Å². The van der Waals surface area contributed by atoms with Crippen LogP contribution in [0, 0.1) is 5.82 Å². The van der Waals surface area contributed by atoms with E-state index in [1.54, 1.807) is 11.0 Å². The van der Waals surface area contributed by atoms with E-state index >= 15 is 0 Å². The Hall–Kier alpha value is -3.41. The van der Waals surface area contributed by atoms with E-state index in [-0.39, 0.29) is 42.3 Å². The Balaban J connectivity index is 1.41. The van der Waals surface area contributed by atoms with Crippen LogP contribution in [0.3, 0.4) is 0 Å². The van der Waals surface area contributed by atoms with Crippen molar-refractivity contribution in [1.82, 2.24) is 10.2 Å². The van der Waals surface area contributed by atoms with Gasteiger partial charge in [-0.2, -0.15) is 26.3 Å². The molecule has 12 heteroatoms. The average Bonchev–Trinajstić information content (AvgIpc) is 3.26. The molecule has 2 aromatic rings. The quantitative estimate of drug-likeness (QED) is 0.415. The number of ether oxygens (including phenoxy) is 1. The molecule has 0 aromatic heterocycles. The number of alkyl halides is 6. The van der Waals surface area contributed by atoms with Crippen molar-refractivity contribution in [2.75, 3.05) is 6.54 Å². The number of allylic oxidation sites excluding steroid dienone is 2. The molecule has 0 bridgehead atoms. The molecule has 3 aliphatic rings. The second kappa shape index (κ2) is 11.1. The fourth-order valence-corrected chi connectivity index (χ4v) is 6.01. The number of fused-ring (bicyclic) bond motifs is 1. The van der Waals surface area contributed by atoms with Gasteiger partial charge in [-0.05, 0) is 60.7 Å². The van der Waals surface area contributed by atoms with E-state index in [0.717, 1.165) is 5.70 Å². The van der Waals surface area contributed by atoms with Crippen molar-refractivity contribution in [2.45, 2.75) is 75.2 Å². The van der Waals surface area contributed by atoms with E-state index in [1.165, 1.54) is 24.3 Å². The highest BCUT2D eigenvalue weighted by Gasteiger charge is 2.49. The molecule has 220 valence electrons. The molecule has 1 amide bonds. The number of ketones is 1. The summed E-state index contributed by atoms with van der Waals surface area (Å²) in [6, 6.07) is 6.15. The molecule has 1 N–H and O–H groups in total. The maximum Gasteiger partial charge on any atom is 0.416 e. The van der Waals surface area contributed by atoms with E-state index in [1.807, 2.05) is 0 Å². The topological polar surface area (TPSA) is 58.6 Å². The minimum Gasteiger partial charge on any atom is -0.385 e. The maximum atomic E-state index is 13.7. The monoisotopic (exact) mass is 584 g/mol. The van der Waals surface area contributed by atoms with E-state index in [4.69, 9.17) is 4.74 Å². The van der Waals surface area contributed by atoms with Crippen LogP contribution >= 0.6 is 0 Å². The molecule has 2 fully saturated rings. The summed E-state index contributed by atoms with van der Waals surface area (Å²) in [6.07, 6.45) is -6.76. The Labute approximate surface area is 231 Å². The average molecular weight is 585 g/mol. The lowest BCUT2D eigenvalue weighted by Crippen LogP contribution is -2.50. The van der Waals surface area contributed by atoms with Gasteiger partial charge in [0.2, 0.25) is 5.91 Å². The van der Waals surface area contributed by atoms with E-state index in [0.29, 0.717) is 43.4 Å². The third-order valence-corrected chi connectivity index (χ3v) is 7.82. The zero-order chi connectivity index (χ0) is 29.5. The second-order valence-corrected chi connectivity index (χ2v) is 10.7.